The molecule has 1 aromatic carbocycles. The summed E-state index contributed by atoms with van der Waals surface area (Å²) in [5.41, 5.74) is 3.56. The molecule has 1 saturated heterocycles. The Morgan fingerprint density at radius 3 is 2.56 bits per heavy atom. The first kappa shape index (κ1) is 15.7. The van der Waals surface area contributed by atoms with E-state index in [0.29, 0.717) is 17.2 Å². The van der Waals surface area contributed by atoms with E-state index in [1.165, 1.54) is 23.4 Å². The number of Topliss-reactive ketones (excluding diaryl/α,β-unsaturated/α-hetero) is 1. The standard InChI is InChI=1S/C20H21N3O2/c1-13(24)15-10-19(21-11-15)20(25)23-8-6-14(7-9-23)17-12-22-18-5-3-2-4-16(17)18/h2-5,10-12,14,21-22H,6-9H2,1H3. The summed E-state index contributed by atoms with van der Waals surface area (Å²) >= 11 is 0. The number of nitrogens with one attached hydrogen (secondary N) is 2. The van der Waals surface area contributed by atoms with Gasteiger partial charge in [-0.1, -0.05) is 18.2 Å². The van der Waals surface area contributed by atoms with Crippen LogP contribution >= 0.6 is 0 Å². The van der Waals surface area contributed by atoms with Crippen molar-refractivity contribution in [3.63, 3.8) is 0 Å². The maximum Gasteiger partial charge on any atom is 0.270 e. The maximum atomic E-state index is 12.6. The van der Waals surface area contributed by atoms with E-state index >= 15 is 0 Å². The summed E-state index contributed by atoms with van der Waals surface area (Å²) in [6.07, 6.45) is 5.62. The zero-order valence-corrected chi connectivity index (χ0v) is 14.2. The number of amides is 1. The third-order valence-electron chi connectivity index (χ3n) is 5.16. The minimum Gasteiger partial charge on any atom is -0.361 e. The topological polar surface area (TPSA) is 69.0 Å². The Kier molecular flexibility index (Phi) is 3.92. The predicted octanol–water partition coefficient (Wildman–Crippen LogP) is 3.72. The van der Waals surface area contributed by atoms with E-state index in [1.54, 1.807) is 12.3 Å². The number of nitrogens with zero attached hydrogens (tertiary/aromatic N) is 1. The van der Waals surface area contributed by atoms with Crippen molar-refractivity contribution in [3.05, 3.63) is 59.5 Å². The lowest BCUT2D eigenvalue weighted by Gasteiger charge is -2.31. The van der Waals surface area contributed by atoms with E-state index in [4.69, 9.17) is 0 Å². The van der Waals surface area contributed by atoms with Crippen LogP contribution in [0.25, 0.3) is 10.9 Å². The number of likely N-dealkylation sites (tertiary alicyclic amines) is 1. The SMILES string of the molecule is CC(=O)c1c[nH]c(C(=O)N2CCC(c3c[nH]c4ccccc34)CC2)c1. The van der Waals surface area contributed by atoms with Crippen molar-refractivity contribution in [2.45, 2.75) is 25.7 Å². The molecule has 5 heteroatoms. The van der Waals surface area contributed by atoms with Crippen LogP contribution in [0.1, 0.15) is 52.1 Å². The fourth-order valence-corrected chi connectivity index (χ4v) is 3.72. The molecule has 25 heavy (non-hydrogen) atoms. The Morgan fingerprint density at radius 1 is 1.08 bits per heavy atom. The molecule has 1 aliphatic rings. The van der Waals surface area contributed by atoms with Crippen LogP contribution in [-0.2, 0) is 0 Å². The summed E-state index contributed by atoms with van der Waals surface area (Å²) in [7, 11) is 0. The normalized spacial score (nSPS) is 15.6. The maximum absolute atomic E-state index is 12.6. The van der Waals surface area contributed by atoms with Gasteiger partial charge in [-0.3, -0.25) is 9.59 Å². The highest BCUT2D eigenvalue weighted by Gasteiger charge is 2.26. The van der Waals surface area contributed by atoms with Crippen LogP contribution in [0, 0.1) is 0 Å². The summed E-state index contributed by atoms with van der Waals surface area (Å²) in [6, 6.07) is 10.00. The van der Waals surface area contributed by atoms with Gasteiger partial charge in [0, 0.05) is 41.9 Å². The van der Waals surface area contributed by atoms with E-state index in [9.17, 15) is 9.59 Å². The van der Waals surface area contributed by atoms with Gasteiger partial charge in [0.05, 0.1) is 0 Å². The minimum atomic E-state index is -0.0339. The second-order valence-electron chi connectivity index (χ2n) is 6.71. The van der Waals surface area contributed by atoms with Crippen molar-refractivity contribution in [1.82, 2.24) is 14.9 Å². The molecule has 4 rings (SSSR count). The number of hydrogen-bond donors (Lipinski definition) is 2. The number of ketones is 1. The number of aromatic amines is 2. The number of carbonyl (C=O) groups excluding carboxylic acids is 2. The Bertz CT molecular complexity index is 929. The monoisotopic (exact) mass is 335 g/mol. The Hall–Kier alpha value is -2.82. The molecule has 128 valence electrons. The highest BCUT2D eigenvalue weighted by atomic mass is 16.2. The number of H-pyrrole nitrogens is 2. The number of carbonyl (C=O) groups is 2. The fraction of sp³-hybridized carbons (Fsp3) is 0.300. The third-order valence-corrected chi connectivity index (χ3v) is 5.16. The van der Waals surface area contributed by atoms with Gasteiger partial charge in [0.2, 0.25) is 0 Å². The van der Waals surface area contributed by atoms with E-state index in [1.807, 2.05) is 11.0 Å². The number of fused-ring (bicyclic) bond motifs is 1. The summed E-state index contributed by atoms with van der Waals surface area (Å²) < 4.78 is 0. The first-order valence-corrected chi connectivity index (χ1v) is 8.68. The second-order valence-corrected chi connectivity index (χ2v) is 6.71. The average molecular weight is 335 g/mol. The van der Waals surface area contributed by atoms with Crippen LogP contribution in [0.2, 0.25) is 0 Å². The molecule has 0 atom stereocenters. The van der Waals surface area contributed by atoms with Gasteiger partial charge < -0.3 is 14.9 Å². The Balaban J connectivity index is 1.45. The van der Waals surface area contributed by atoms with Gasteiger partial charge in [-0.15, -0.1) is 0 Å². The molecule has 5 nitrogen and oxygen atoms in total. The number of rotatable bonds is 3. The molecule has 0 aliphatic carbocycles. The molecule has 3 aromatic rings. The number of aromatic nitrogens is 2. The highest BCUT2D eigenvalue weighted by molar-refractivity contribution is 5.99. The first-order valence-electron chi connectivity index (χ1n) is 8.68. The van der Waals surface area contributed by atoms with Crippen molar-refractivity contribution in [2.24, 2.45) is 0 Å². The van der Waals surface area contributed by atoms with Crippen molar-refractivity contribution < 1.29 is 9.59 Å². The molecule has 2 N–H and O–H groups in total. The molecule has 0 radical (unpaired) electrons. The number of benzene rings is 1. The van der Waals surface area contributed by atoms with Gasteiger partial charge in [0.25, 0.3) is 5.91 Å². The fourth-order valence-electron chi connectivity index (χ4n) is 3.72. The van der Waals surface area contributed by atoms with E-state index in [2.05, 4.69) is 34.4 Å². The molecule has 0 unspecified atom stereocenters. The van der Waals surface area contributed by atoms with Crippen LogP contribution in [0.15, 0.2) is 42.7 Å². The zero-order chi connectivity index (χ0) is 17.4. The average Bonchev–Trinajstić information content (AvgIpc) is 3.29. The van der Waals surface area contributed by atoms with Gasteiger partial charge >= 0.3 is 0 Å². The van der Waals surface area contributed by atoms with Crippen LogP contribution in [0.3, 0.4) is 0 Å². The van der Waals surface area contributed by atoms with Crippen LogP contribution in [0.4, 0.5) is 0 Å². The molecule has 2 aromatic heterocycles. The Labute approximate surface area is 146 Å². The van der Waals surface area contributed by atoms with Gasteiger partial charge in [-0.05, 0) is 43.4 Å². The van der Waals surface area contributed by atoms with E-state index in [-0.39, 0.29) is 11.7 Å². The van der Waals surface area contributed by atoms with E-state index < -0.39 is 0 Å². The van der Waals surface area contributed by atoms with Crippen molar-refractivity contribution in [3.8, 4) is 0 Å². The molecular formula is C20H21N3O2. The highest BCUT2D eigenvalue weighted by Crippen LogP contribution is 2.33. The predicted molar refractivity (Wildman–Crippen MR) is 97.0 cm³/mol. The summed E-state index contributed by atoms with van der Waals surface area (Å²) in [5, 5.41) is 1.28. The van der Waals surface area contributed by atoms with Gasteiger partial charge in [0.1, 0.15) is 5.69 Å². The van der Waals surface area contributed by atoms with Crippen molar-refractivity contribution in [2.75, 3.05) is 13.1 Å². The van der Waals surface area contributed by atoms with Gasteiger partial charge in [0.15, 0.2) is 5.78 Å². The molecule has 1 amide bonds. The summed E-state index contributed by atoms with van der Waals surface area (Å²) in [6.45, 7) is 2.97. The zero-order valence-electron chi connectivity index (χ0n) is 14.2. The molecule has 1 aliphatic heterocycles. The molecule has 3 heterocycles. The molecule has 0 saturated carbocycles. The second kappa shape index (κ2) is 6.24. The quantitative estimate of drug-likeness (QED) is 0.716. The number of piperidine rings is 1. The largest absolute Gasteiger partial charge is 0.361 e. The van der Waals surface area contributed by atoms with Crippen molar-refractivity contribution in [1.29, 1.82) is 0 Å². The minimum absolute atomic E-state index is 0.0233. The molecule has 0 bridgehead atoms. The van der Waals surface area contributed by atoms with Crippen LogP contribution in [-0.4, -0.2) is 39.6 Å². The summed E-state index contributed by atoms with van der Waals surface area (Å²) in [5.74, 6) is 0.412. The molecule has 0 spiro atoms. The first-order chi connectivity index (χ1) is 12.1. The smallest absolute Gasteiger partial charge is 0.270 e. The lowest BCUT2D eigenvalue weighted by Crippen LogP contribution is -2.38. The Morgan fingerprint density at radius 2 is 1.84 bits per heavy atom. The summed E-state index contributed by atoms with van der Waals surface area (Å²) in [4.78, 5) is 32.2. The van der Waals surface area contributed by atoms with Gasteiger partial charge in [-0.25, -0.2) is 0 Å². The lowest BCUT2D eigenvalue weighted by atomic mass is 9.89. The van der Waals surface area contributed by atoms with E-state index in [0.717, 1.165) is 25.9 Å². The molecule has 1 fully saturated rings. The van der Waals surface area contributed by atoms with Crippen molar-refractivity contribution >= 4 is 22.6 Å². The lowest BCUT2D eigenvalue weighted by molar-refractivity contribution is 0.0708. The van der Waals surface area contributed by atoms with Gasteiger partial charge in [-0.2, -0.15) is 0 Å². The molecular weight excluding hydrogens is 314 g/mol. The van der Waals surface area contributed by atoms with Crippen LogP contribution in [0.5, 0.6) is 0 Å². The number of hydrogen-bond acceptors (Lipinski definition) is 2. The number of para-hydroxylation sites is 1. The van der Waals surface area contributed by atoms with Crippen LogP contribution < -0.4 is 0 Å². The third kappa shape index (κ3) is 2.86.